The van der Waals surface area contributed by atoms with Gasteiger partial charge in [0.05, 0.1) is 16.9 Å². The van der Waals surface area contributed by atoms with Crippen molar-refractivity contribution in [2.75, 3.05) is 6.54 Å². The van der Waals surface area contributed by atoms with Crippen molar-refractivity contribution in [1.82, 2.24) is 14.5 Å². The number of nitrogens with zero attached hydrogens (tertiary/aromatic N) is 3. The van der Waals surface area contributed by atoms with Gasteiger partial charge in [-0.05, 0) is 37.5 Å². The molecule has 2 rings (SSSR count). The molecule has 0 fully saturated rings. The molecule has 26 heavy (non-hydrogen) atoms. The molecule has 2 aromatic rings. The van der Waals surface area contributed by atoms with Gasteiger partial charge in [-0.15, -0.1) is 0 Å². The van der Waals surface area contributed by atoms with Gasteiger partial charge < -0.3 is 4.90 Å². The Balaban J connectivity index is 2.48. The first-order chi connectivity index (χ1) is 12.3. The van der Waals surface area contributed by atoms with Gasteiger partial charge >= 0.3 is 0 Å². The second-order valence-electron chi connectivity index (χ2n) is 7.21. The lowest BCUT2D eigenvalue weighted by Gasteiger charge is -2.30. The van der Waals surface area contributed by atoms with Gasteiger partial charge in [0.25, 0.3) is 5.56 Å². The van der Waals surface area contributed by atoms with Crippen LogP contribution in [0.2, 0.25) is 5.02 Å². The molecule has 1 amide bonds. The number of benzene rings is 1. The highest BCUT2D eigenvalue weighted by Crippen LogP contribution is 2.23. The Bertz CT molecular complexity index is 845. The predicted octanol–water partition coefficient (Wildman–Crippen LogP) is 4.32. The third-order valence-corrected chi connectivity index (χ3v) is 4.80. The molecule has 0 N–H and O–H groups in total. The van der Waals surface area contributed by atoms with E-state index in [0.29, 0.717) is 34.7 Å². The zero-order chi connectivity index (χ0) is 19.4. The Morgan fingerprint density at radius 3 is 2.62 bits per heavy atom. The Labute approximate surface area is 160 Å². The number of unbranched alkanes of at least 4 members (excludes halogenated alkanes) is 1. The maximum atomic E-state index is 12.8. The fourth-order valence-electron chi connectivity index (χ4n) is 3.10. The van der Waals surface area contributed by atoms with Crippen molar-refractivity contribution in [3.8, 4) is 0 Å². The average molecular weight is 378 g/mol. The van der Waals surface area contributed by atoms with Crippen LogP contribution < -0.4 is 5.56 Å². The van der Waals surface area contributed by atoms with E-state index in [4.69, 9.17) is 11.6 Å². The first-order valence-electron chi connectivity index (χ1n) is 9.21. The van der Waals surface area contributed by atoms with E-state index in [-0.39, 0.29) is 23.4 Å². The molecule has 6 heteroatoms. The van der Waals surface area contributed by atoms with Crippen molar-refractivity contribution >= 4 is 28.4 Å². The van der Waals surface area contributed by atoms with E-state index in [9.17, 15) is 9.59 Å². The Kier molecular flexibility index (Phi) is 6.81. The molecule has 0 aliphatic carbocycles. The summed E-state index contributed by atoms with van der Waals surface area (Å²) >= 11 is 6.01. The number of rotatable bonds is 7. The zero-order valence-electron chi connectivity index (χ0n) is 16.3. The van der Waals surface area contributed by atoms with E-state index < -0.39 is 0 Å². The van der Waals surface area contributed by atoms with Crippen molar-refractivity contribution in [2.24, 2.45) is 13.0 Å². The van der Waals surface area contributed by atoms with E-state index in [2.05, 4.69) is 11.9 Å². The van der Waals surface area contributed by atoms with Crippen LogP contribution in [0.3, 0.4) is 0 Å². The smallest absolute Gasteiger partial charge is 0.261 e. The molecule has 142 valence electrons. The van der Waals surface area contributed by atoms with Crippen LogP contribution in [0.25, 0.3) is 10.9 Å². The van der Waals surface area contributed by atoms with Crippen molar-refractivity contribution in [2.45, 2.75) is 53.0 Å². The van der Waals surface area contributed by atoms with E-state index in [1.54, 1.807) is 25.2 Å². The van der Waals surface area contributed by atoms with Gasteiger partial charge in [0, 0.05) is 25.0 Å². The molecule has 1 atom stereocenters. The fourth-order valence-corrected chi connectivity index (χ4v) is 3.27. The number of hydrogen-bond donors (Lipinski definition) is 0. The van der Waals surface area contributed by atoms with E-state index >= 15 is 0 Å². The number of amides is 1. The molecule has 0 saturated heterocycles. The first kappa shape index (κ1) is 20.4. The van der Waals surface area contributed by atoms with Gasteiger partial charge in [0.1, 0.15) is 5.82 Å². The number of carbonyl (C=O) groups excluding carboxylic acids is 1. The van der Waals surface area contributed by atoms with Crippen LogP contribution in [0.1, 0.15) is 58.8 Å². The quantitative estimate of drug-likeness (QED) is 0.721. The Morgan fingerprint density at radius 2 is 2.00 bits per heavy atom. The lowest BCUT2D eigenvalue weighted by Crippen LogP contribution is -2.38. The van der Waals surface area contributed by atoms with Crippen molar-refractivity contribution in [3.63, 3.8) is 0 Å². The monoisotopic (exact) mass is 377 g/mol. The topological polar surface area (TPSA) is 55.2 Å². The van der Waals surface area contributed by atoms with Gasteiger partial charge in [-0.1, -0.05) is 38.8 Å². The van der Waals surface area contributed by atoms with E-state index in [0.717, 1.165) is 12.8 Å². The summed E-state index contributed by atoms with van der Waals surface area (Å²) in [6.45, 7) is 8.78. The highest BCUT2D eigenvalue weighted by molar-refractivity contribution is 6.31. The summed E-state index contributed by atoms with van der Waals surface area (Å²) in [5.41, 5.74) is 0.456. The number of hydrogen-bond acceptors (Lipinski definition) is 3. The molecule has 0 saturated carbocycles. The summed E-state index contributed by atoms with van der Waals surface area (Å²) in [5, 5.41) is 0.999. The van der Waals surface area contributed by atoms with Crippen LogP contribution in [0.15, 0.2) is 23.0 Å². The van der Waals surface area contributed by atoms with Crippen LogP contribution in [-0.2, 0) is 11.8 Å². The van der Waals surface area contributed by atoms with Crippen molar-refractivity contribution < 1.29 is 4.79 Å². The van der Waals surface area contributed by atoms with Gasteiger partial charge in [0.2, 0.25) is 5.91 Å². The molecule has 1 heterocycles. The van der Waals surface area contributed by atoms with Crippen LogP contribution in [0, 0.1) is 5.92 Å². The summed E-state index contributed by atoms with van der Waals surface area (Å²) in [6, 6.07) is 4.84. The van der Waals surface area contributed by atoms with Crippen LogP contribution in [0.5, 0.6) is 0 Å². The van der Waals surface area contributed by atoms with Crippen LogP contribution in [0.4, 0.5) is 0 Å². The summed E-state index contributed by atoms with van der Waals surface area (Å²) in [5.74, 6) is 0.985. The maximum Gasteiger partial charge on any atom is 0.261 e. The minimum absolute atomic E-state index is 0.103. The van der Waals surface area contributed by atoms with Crippen LogP contribution in [-0.4, -0.2) is 26.9 Å². The van der Waals surface area contributed by atoms with Gasteiger partial charge in [-0.25, -0.2) is 4.98 Å². The minimum Gasteiger partial charge on any atom is -0.333 e. The molecule has 1 aromatic heterocycles. The maximum absolute atomic E-state index is 12.8. The molecule has 5 nitrogen and oxygen atoms in total. The third-order valence-electron chi connectivity index (χ3n) is 4.57. The van der Waals surface area contributed by atoms with E-state index in [1.807, 2.05) is 25.7 Å². The molecule has 0 aliphatic rings. The first-order valence-corrected chi connectivity index (χ1v) is 9.59. The second-order valence-corrected chi connectivity index (χ2v) is 7.65. The molecule has 1 aromatic carbocycles. The molecular weight excluding hydrogens is 350 g/mol. The molecule has 0 aliphatic heterocycles. The van der Waals surface area contributed by atoms with E-state index in [1.165, 1.54) is 4.57 Å². The van der Waals surface area contributed by atoms with Crippen molar-refractivity contribution in [3.05, 3.63) is 39.4 Å². The van der Waals surface area contributed by atoms with Crippen LogP contribution >= 0.6 is 11.6 Å². The number of fused-ring (bicyclic) bond motifs is 1. The lowest BCUT2D eigenvalue weighted by molar-refractivity contribution is -0.134. The summed E-state index contributed by atoms with van der Waals surface area (Å²) in [4.78, 5) is 32.1. The lowest BCUT2D eigenvalue weighted by atomic mass is 10.1. The third kappa shape index (κ3) is 4.44. The highest BCUT2D eigenvalue weighted by atomic mass is 35.5. The summed E-state index contributed by atoms with van der Waals surface area (Å²) < 4.78 is 1.53. The number of carbonyl (C=O) groups is 1. The highest BCUT2D eigenvalue weighted by Gasteiger charge is 2.25. The summed E-state index contributed by atoms with van der Waals surface area (Å²) in [7, 11) is 1.70. The van der Waals surface area contributed by atoms with Gasteiger partial charge in [0.15, 0.2) is 0 Å². The van der Waals surface area contributed by atoms with Crippen molar-refractivity contribution in [1.29, 1.82) is 0 Å². The van der Waals surface area contributed by atoms with Gasteiger partial charge in [-0.3, -0.25) is 14.2 Å². The SMILES string of the molecule is CCCCN(C(=O)CC(C)C)C(C)c1nc2ccc(Cl)cc2c(=O)n1C. The zero-order valence-corrected chi connectivity index (χ0v) is 17.0. The fraction of sp³-hybridized carbons (Fsp3) is 0.550. The average Bonchev–Trinajstić information content (AvgIpc) is 2.58. The molecular formula is C20H28ClN3O2. The molecule has 1 unspecified atom stereocenters. The normalized spacial score (nSPS) is 12.6. The minimum atomic E-state index is -0.273. The molecule has 0 bridgehead atoms. The van der Waals surface area contributed by atoms with Gasteiger partial charge in [-0.2, -0.15) is 0 Å². The number of halogens is 1. The molecule has 0 spiro atoms. The Hall–Kier alpha value is -1.88. The summed E-state index contributed by atoms with van der Waals surface area (Å²) in [6.07, 6.45) is 2.41. The predicted molar refractivity (Wildman–Crippen MR) is 106 cm³/mol. The Morgan fingerprint density at radius 1 is 1.31 bits per heavy atom. The molecule has 0 radical (unpaired) electrons. The largest absolute Gasteiger partial charge is 0.333 e. The second kappa shape index (κ2) is 8.67. The standard InChI is InChI=1S/C20H28ClN3O2/c1-6-7-10-24(18(25)11-13(2)3)14(4)19-22-17-9-8-15(21)12-16(17)20(26)23(19)5/h8-9,12-14H,6-7,10-11H2,1-5H3. The number of aromatic nitrogens is 2.